The van der Waals surface area contributed by atoms with Gasteiger partial charge in [0.15, 0.2) is 11.5 Å². The second-order valence-corrected chi connectivity index (χ2v) is 6.07. The number of pyridine rings is 1. The van der Waals surface area contributed by atoms with Gasteiger partial charge in [-0.1, -0.05) is 12.1 Å². The van der Waals surface area contributed by atoms with Gasteiger partial charge in [0.2, 0.25) is 0 Å². The number of nitrogens with two attached hydrogens (primary N) is 1. The van der Waals surface area contributed by atoms with Gasteiger partial charge in [0.25, 0.3) is 0 Å². The summed E-state index contributed by atoms with van der Waals surface area (Å²) in [4.78, 5) is 4.57. The van der Waals surface area contributed by atoms with Crippen molar-refractivity contribution in [2.45, 2.75) is 6.54 Å². The minimum atomic E-state index is 0.676. The molecule has 0 bridgehead atoms. The van der Waals surface area contributed by atoms with Crippen LogP contribution < -0.4 is 20.7 Å². The Morgan fingerprint density at radius 3 is 2.46 bits per heavy atom. The molecule has 2 aromatic carbocycles. The molecule has 132 valence electrons. The maximum absolute atomic E-state index is 5.47. The maximum Gasteiger partial charge on any atom is 0.162 e. The Kier molecular flexibility index (Phi) is 4.10. The lowest BCUT2D eigenvalue weighted by molar-refractivity contribution is 0.356. The van der Waals surface area contributed by atoms with Gasteiger partial charge < -0.3 is 19.5 Å². The lowest BCUT2D eigenvalue weighted by Crippen LogP contribution is -2.06. The van der Waals surface area contributed by atoms with Crippen molar-refractivity contribution in [3.8, 4) is 11.5 Å². The number of nitrogen functional groups attached to an aromatic ring is 1. The Labute approximate surface area is 151 Å². The Balaban J connectivity index is 1.85. The highest BCUT2D eigenvalue weighted by atomic mass is 16.5. The van der Waals surface area contributed by atoms with Gasteiger partial charge >= 0.3 is 0 Å². The third kappa shape index (κ3) is 2.70. The van der Waals surface area contributed by atoms with Crippen LogP contribution in [0.3, 0.4) is 0 Å². The van der Waals surface area contributed by atoms with Crippen LogP contribution in [0.25, 0.3) is 21.8 Å². The number of fused-ring (bicyclic) bond motifs is 3. The van der Waals surface area contributed by atoms with E-state index in [1.165, 1.54) is 5.56 Å². The van der Waals surface area contributed by atoms with Crippen molar-refractivity contribution in [2.75, 3.05) is 19.6 Å². The van der Waals surface area contributed by atoms with Crippen LogP contribution >= 0.6 is 0 Å². The van der Waals surface area contributed by atoms with Gasteiger partial charge in [-0.3, -0.25) is 10.8 Å². The number of anilines is 1. The van der Waals surface area contributed by atoms with Crippen LogP contribution in [0.2, 0.25) is 0 Å². The molecular weight excluding hydrogens is 328 g/mol. The topological polar surface area (TPSA) is 74.3 Å². The highest BCUT2D eigenvalue weighted by molar-refractivity contribution is 6.04. The van der Waals surface area contributed by atoms with Gasteiger partial charge in [0.1, 0.15) is 0 Å². The zero-order chi connectivity index (χ0) is 18.1. The van der Waals surface area contributed by atoms with Gasteiger partial charge in [-0.25, -0.2) is 0 Å². The summed E-state index contributed by atoms with van der Waals surface area (Å²) >= 11 is 0. The fourth-order valence-electron chi connectivity index (χ4n) is 3.24. The summed E-state index contributed by atoms with van der Waals surface area (Å²) in [6.45, 7) is 0.752. The minimum Gasteiger partial charge on any atom is -0.493 e. The summed E-state index contributed by atoms with van der Waals surface area (Å²) in [7, 11) is 3.27. The van der Waals surface area contributed by atoms with Crippen molar-refractivity contribution in [2.24, 2.45) is 5.84 Å². The first-order valence-electron chi connectivity index (χ1n) is 8.28. The molecule has 4 rings (SSSR count). The first kappa shape index (κ1) is 16.2. The van der Waals surface area contributed by atoms with Crippen LogP contribution in [0.4, 0.5) is 5.69 Å². The van der Waals surface area contributed by atoms with Gasteiger partial charge in [-0.15, -0.1) is 0 Å². The van der Waals surface area contributed by atoms with Gasteiger partial charge in [0.05, 0.1) is 25.3 Å². The van der Waals surface area contributed by atoms with Crippen LogP contribution in [-0.2, 0) is 6.54 Å². The number of rotatable bonds is 5. The molecule has 0 saturated carbocycles. The molecule has 0 unspecified atom stereocenters. The number of hydrazine groups is 1. The predicted molar refractivity (Wildman–Crippen MR) is 104 cm³/mol. The summed E-state index contributed by atoms with van der Waals surface area (Å²) in [6, 6.07) is 14.0. The summed E-state index contributed by atoms with van der Waals surface area (Å²) in [5, 5.41) is 2.12. The average Bonchev–Trinajstić information content (AvgIpc) is 3.10. The van der Waals surface area contributed by atoms with Crippen LogP contribution in [0.1, 0.15) is 5.56 Å². The second kappa shape index (κ2) is 6.57. The SMILES string of the molecule is COc1cc2ncc3ccn(Cc4ccc(NN)cc4)c3c2cc1OC. The molecule has 0 aliphatic heterocycles. The van der Waals surface area contributed by atoms with E-state index in [9.17, 15) is 0 Å². The standard InChI is InChI=1S/C20H20N4O2/c1-25-18-9-16-17(10-19(18)26-2)22-11-14-7-8-24(20(14)16)12-13-3-5-15(23-21)6-4-13/h3-11,23H,12,21H2,1-2H3. The van der Waals surface area contributed by atoms with Crippen LogP contribution in [0, 0.1) is 0 Å². The smallest absolute Gasteiger partial charge is 0.162 e. The molecule has 0 radical (unpaired) electrons. The van der Waals surface area contributed by atoms with E-state index in [1.807, 2.05) is 30.5 Å². The molecule has 4 aromatic rings. The summed E-state index contributed by atoms with van der Waals surface area (Å²) in [5.41, 5.74) is 6.72. The third-order valence-electron chi connectivity index (χ3n) is 4.57. The molecule has 0 aliphatic rings. The minimum absolute atomic E-state index is 0.676. The predicted octanol–water partition coefficient (Wildman–Crippen LogP) is 3.54. The van der Waals surface area contributed by atoms with Crippen molar-refractivity contribution in [3.05, 3.63) is 60.4 Å². The van der Waals surface area contributed by atoms with E-state index in [0.717, 1.165) is 34.0 Å². The van der Waals surface area contributed by atoms with Gasteiger partial charge in [-0.05, 0) is 29.8 Å². The highest BCUT2D eigenvalue weighted by Gasteiger charge is 2.12. The van der Waals surface area contributed by atoms with Crippen molar-refractivity contribution in [1.82, 2.24) is 9.55 Å². The van der Waals surface area contributed by atoms with E-state index >= 15 is 0 Å². The summed E-state index contributed by atoms with van der Waals surface area (Å²) in [6.07, 6.45) is 3.97. The molecule has 0 saturated heterocycles. The van der Waals surface area contributed by atoms with E-state index < -0.39 is 0 Å². The summed E-state index contributed by atoms with van der Waals surface area (Å²) < 4.78 is 13.1. The molecule has 0 atom stereocenters. The zero-order valence-corrected chi connectivity index (χ0v) is 14.7. The molecule has 0 fully saturated rings. The average molecular weight is 348 g/mol. The zero-order valence-electron chi connectivity index (χ0n) is 14.7. The maximum atomic E-state index is 5.47. The lowest BCUT2D eigenvalue weighted by Gasteiger charge is -2.12. The Morgan fingerprint density at radius 2 is 1.77 bits per heavy atom. The van der Waals surface area contributed by atoms with E-state index in [1.54, 1.807) is 14.2 Å². The van der Waals surface area contributed by atoms with Gasteiger partial charge in [-0.2, -0.15) is 0 Å². The molecule has 2 aromatic heterocycles. The molecular formula is C20H20N4O2. The molecule has 6 nitrogen and oxygen atoms in total. The molecule has 0 spiro atoms. The second-order valence-electron chi connectivity index (χ2n) is 6.07. The van der Waals surface area contributed by atoms with Crippen molar-refractivity contribution in [3.63, 3.8) is 0 Å². The lowest BCUT2D eigenvalue weighted by atomic mass is 10.1. The molecule has 6 heteroatoms. The van der Waals surface area contributed by atoms with E-state index in [0.29, 0.717) is 11.5 Å². The largest absolute Gasteiger partial charge is 0.493 e. The molecule has 2 heterocycles. The molecule has 0 amide bonds. The first-order valence-corrected chi connectivity index (χ1v) is 8.28. The number of nitrogens with one attached hydrogen (secondary N) is 1. The Hall–Kier alpha value is -3.25. The number of hydrogen-bond donors (Lipinski definition) is 2. The number of hydrogen-bond acceptors (Lipinski definition) is 5. The first-order chi connectivity index (χ1) is 12.7. The molecule has 3 N–H and O–H groups in total. The number of benzene rings is 2. The highest BCUT2D eigenvalue weighted by Crippen LogP contribution is 2.35. The van der Waals surface area contributed by atoms with Crippen LogP contribution in [0.15, 0.2) is 54.9 Å². The quantitative estimate of drug-likeness (QED) is 0.426. The van der Waals surface area contributed by atoms with E-state index in [4.69, 9.17) is 15.3 Å². The van der Waals surface area contributed by atoms with Gasteiger partial charge in [0, 0.05) is 41.5 Å². The molecule has 26 heavy (non-hydrogen) atoms. The Bertz CT molecular complexity index is 1070. The normalized spacial score (nSPS) is 11.0. The fraction of sp³-hybridized carbons (Fsp3) is 0.150. The van der Waals surface area contributed by atoms with E-state index in [2.05, 4.69) is 39.4 Å². The number of nitrogens with zero attached hydrogens (tertiary/aromatic N) is 2. The van der Waals surface area contributed by atoms with Crippen LogP contribution in [-0.4, -0.2) is 23.8 Å². The number of methoxy groups -OCH3 is 2. The van der Waals surface area contributed by atoms with Crippen LogP contribution in [0.5, 0.6) is 11.5 Å². The van der Waals surface area contributed by atoms with Crippen molar-refractivity contribution >= 4 is 27.5 Å². The fourth-order valence-corrected chi connectivity index (χ4v) is 3.24. The summed E-state index contributed by atoms with van der Waals surface area (Å²) in [5.74, 6) is 6.81. The Morgan fingerprint density at radius 1 is 1.04 bits per heavy atom. The monoisotopic (exact) mass is 348 g/mol. The third-order valence-corrected chi connectivity index (χ3v) is 4.57. The van der Waals surface area contributed by atoms with Crippen molar-refractivity contribution in [1.29, 1.82) is 0 Å². The van der Waals surface area contributed by atoms with E-state index in [-0.39, 0.29) is 0 Å². The number of aromatic nitrogens is 2. The molecule has 0 aliphatic carbocycles. The number of ether oxygens (including phenoxy) is 2. The van der Waals surface area contributed by atoms with Crippen molar-refractivity contribution < 1.29 is 9.47 Å².